The molecule has 3 aliphatic rings. The van der Waals surface area contributed by atoms with Gasteiger partial charge in [0.05, 0.1) is 0 Å². The van der Waals surface area contributed by atoms with Gasteiger partial charge in [-0.15, -0.1) is 4.41 Å². The molecule has 0 bridgehead atoms. The van der Waals surface area contributed by atoms with Crippen LogP contribution >= 0.6 is 11.9 Å². The summed E-state index contributed by atoms with van der Waals surface area (Å²) in [4.78, 5) is 48.6. The number of benzene rings is 1. The first-order chi connectivity index (χ1) is 14.8. The van der Waals surface area contributed by atoms with Crippen LogP contribution in [0, 0.1) is 0 Å². The second-order valence-corrected chi connectivity index (χ2v) is 8.39. The van der Waals surface area contributed by atoms with Crippen LogP contribution in [0.3, 0.4) is 0 Å². The normalized spacial score (nSPS) is 23.0. The number of aliphatic carboxylic acids is 1. The van der Waals surface area contributed by atoms with Gasteiger partial charge in [0, 0.05) is 22.9 Å². The Balaban J connectivity index is 1.49. The minimum absolute atomic E-state index is 0.0968. The van der Waals surface area contributed by atoms with Gasteiger partial charge in [-0.2, -0.15) is 0 Å². The van der Waals surface area contributed by atoms with Gasteiger partial charge in [0.25, 0.3) is 17.7 Å². The number of aliphatic hydroxyl groups excluding tert-OH is 1. The first kappa shape index (κ1) is 20.9. The van der Waals surface area contributed by atoms with Crippen molar-refractivity contribution in [3.05, 3.63) is 57.7 Å². The van der Waals surface area contributed by atoms with Crippen molar-refractivity contribution in [1.29, 1.82) is 0 Å². The second kappa shape index (κ2) is 8.44. The van der Waals surface area contributed by atoms with E-state index < -0.39 is 41.7 Å². The predicted molar refractivity (Wildman–Crippen MR) is 110 cm³/mol. The Morgan fingerprint density at radius 1 is 1.19 bits per heavy atom. The zero-order chi connectivity index (χ0) is 22.1. The van der Waals surface area contributed by atoms with Crippen LogP contribution in [0.1, 0.15) is 29.6 Å². The fourth-order valence-electron chi connectivity index (χ4n) is 3.84. The summed E-state index contributed by atoms with van der Waals surface area (Å²) in [6.07, 6.45) is 1.74. The molecule has 0 radical (unpaired) electrons. The first-order valence-corrected chi connectivity index (χ1v) is 10.4. The lowest BCUT2D eigenvalue weighted by atomic mass is 9.88. The van der Waals surface area contributed by atoms with E-state index in [-0.39, 0.29) is 11.9 Å². The number of rotatable bonds is 5. The third-order valence-electron chi connectivity index (χ3n) is 5.28. The molecule has 11 heteroatoms. The predicted octanol–water partition coefficient (Wildman–Crippen LogP) is 0.613. The van der Waals surface area contributed by atoms with Crippen LogP contribution in [-0.2, 0) is 14.4 Å². The number of carboxylic acids is 1. The van der Waals surface area contributed by atoms with Crippen LogP contribution in [0.25, 0.3) is 0 Å². The monoisotopic (exact) mass is 444 g/mol. The highest BCUT2D eigenvalue weighted by Gasteiger charge is 2.46. The molecule has 4 rings (SSSR count). The molecule has 2 atom stereocenters. The van der Waals surface area contributed by atoms with Gasteiger partial charge >= 0.3 is 5.97 Å². The van der Waals surface area contributed by atoms with Gasteiger partial charge in [0.2, 0.25) is 0 Å². The van der Waals surface area contributed by atoms with Crippen molar-refractivity contribution >= 4 is 35.6 Å². The largest absolute Gasteiger partial charge is 0.509 e. The topological polar surface area (TPSA) is 148 Å². The van der Waals surface area contributed by atoms with Crippen LogP contribution in [0.5, 0.6) is 0 Å². The highest BCUT2D eigenvalue weighted by molar-refractivity contribution is 8.01. The summed E-state index contributed by atoms with van der Waals surface area (Å²) in [6, 6.07) is 8.11. The van der Waals surface area contributed by atoms with Crippen LogP contribution < -0.4 is 16.1 Å². The van der Waals surface area contributed by atoms with E-state index in [1.165, 1.54) is 16.4 Å². The molecule has 0 saturated heterocycles. The highest BCUT2D eigenvalue weighted by Crippen LogP contribution is 2.47. The molecule has 2 unspecified atom stereocenters. The Bertz CT molecular complexity index is 1020. The van der Waals surface area contributed by atoms with Crippen LogP contribution in [0.4, 0.5) is 0 Å². The number of carbonyl (C=O) groups excluding carboxylic acids is 3. The molecule has 2 heterocycles. The molecule has 0 aromatic heterocycles. The minimum Gasteiger partial charge on any atom is -0.509 e. The Hall–Kier alpha value is -3.31. The first-order valence-electron chi connectivity index (χ1n) is 9.64. The Kier molecular flexibility index (Phi) is 5.70. The number of fused-ring (bicyclic) bond motifs is 2. The van der Waals surface area contributed by atoms with Crippen molar-refractivity contribution in [2.75, 3.05) is 6.54 Å². The molecular formula is C20H20N4O6S. The van der Waals surface area contributed by atoms with Crippen molar-refractivity contribution < 1.29 is 29.4 Å². The Morgan fingerprint density at radius 3 is 2.65 bits per heavy atom. The second-order valence-electron chi connectivity index (χ2n) is 7.32. The molecule has 10 nitrogen and oxygen atoms in total. The van der Waals surface area contributed by atoms with Crippen LogP contribution in [0.2, 0.25) is 0 Å². The standard InChI is InChI=1S/C20H20N4O6S/c25-14(26)9-21-19(29)15-17(27)16-12-7-6-11(8-13(12)31-24(16)23-20(15)30)22-18(28)10-4-2-1-3-5-10/h1-5,11,16,27H,6-9H2,(H,21,29)(H,22,28)(H,23,30)(H,25,26). The molecular weight excluding hydrogens is 424 g/mol. The van der Waals surface area contributed by atoms with Gasteiger partial charge in [-0.1, -0.05) is 18.2 Å². The lowest BCUT2D eigenvalue weighted by molar-refractivity contribution is -0.138. The number of aliphatic hydroxyl groups is 1. The molecule has 1 aliphatic carbocycles. The zero-order valence-corrected chi connectivity index (χ0v) is 17.1. The maximum Gasteiger partial charge on any atom is 0.322 e. The van der Waals surface area contributed by atoms with E-state index >= 15 is 0 Å². The molecule has 2 aliphatic heterocycles. The molecule has 0 saturated carbocycles. The average Bonchev–Trinajstić information content (AvgIpc) is 3.10. The van der Waals surface area contributed by atoms with Crippen molar-refractivity contribution in [1.82, 2.24) is 20.5 Å². The molecule has 3 amide bonds. The third kappa shape index (κ3) is 4.14. The highest BCUT2D eigenvalue weighted by atomic mass is 32.2. The van der Waals surface area contributed by atoms with Gasteiger partial charge < -0.3 is 20.8 Å². The molecule has 162 valence electrons. The van der Waals surface area contributed by atoms with Crippen molar-refractivity contribution in [2.24, 2.45) is 0 Å². The average molecular weight is 444 g/mol. The number of nitrogens with zero attached hydrogens (tertiary/aromatic N) is 1. The van der Waals surface area contributed by atoms with E-state index in [4.69, 9.17) is 5.11 Å². The summed E-state index contributed by atoms with van der Waals surface area (Å²) in [5, 5.41) is 24.5. The summed E-state index contributed by atoms with van der Waals surface area (Å²) >= 11 is 1.25. The molecule has 5 N–H and O–H groups in total. The lowest BCUT2D eigenvalue weighted by Crippen LogP contribution is -2.52. The molecule has 0 spiro atoms. The van der Waals surface area contributed by atoms with Crippen LogP contribution in [-0.4, -0.2) is 56.9 Å². The lowest BCUT2D eigenvalue weighted by Gasteiger charge is -2.31. The smallest absolute Gasteiger partial charge is 0.322 e. The Labute approximate surface area is 181 Å². The van der Waals surface area contributed by atoms with E-state index in [9.17, 15) is 24.3 Å². The number of hydrogen-bond acceptors (Lipinski definition) is 7. The molecule has 1 aromatic rings. The summed E-state index contributed by atoms with van der Waals surface area (Å²) in [5.74, 6) is -3.58. The number of carboxylic acid groups (broad SMARTS) is 1. The number of nitrogens with one attached hydrogen (secondary N) is 3. The SMILES string of the molecule is O=C(O)CNC(=O)C1=C(O)C2C3=C(CC(NC(=O)c4ccccc4)CC3)SN2NC1=O. The molecule has 0 fully saturated rings. The summed E-state index contributed by atoms with van der Waals surface area (Å²) < 4.78 is 1.48. The van der Waals surface area contributed by atoms with E-state index in [0.29, 0.717) is 24.8 Å². The zero-order valence-electron chi connectivity index (χ0n) is 16.3. The summed E-state index contributed by atoms with van der Waals surface area (Å²) in [5.41, 5.74) is 3.52. The maximum atomic E-state index is 12.4. The number of hydrazine groups is 1. The number of carbonyl (C=O) groups is 4. The summed E-state index contributed by atoms with van der Waals surface area (Å²) in [6.45, 7) is -0.664. The molecule has 1 aromatic carbocycles. The fourth-order valence-corrected chi connectivity index (χ4v) is 5.15. The quantitative estimate of drug-likeness (QED) is 0.328. The fraction of sp³-hybridized carbons (Fsp3) is 0.300. The summed E-state index contributed by atoms with van der Waals surface area (Å²) in [7, 11) is 0. The van der Waals surface area contributed by atoms with Crippen molar-refractivity contribution in [2.45, 2.75) is 31.3 Å². The van der Waals surface area contributed by atoms with Gasteiger partial charge in [0.1, 0.15) is 23.9 Å². The van der Waals surface area contributed by atoms with E-state index in [2.05, 4.69) is 16.1 Å². The van der Waals surface area contributed by atoms with Gasteiger partial charge in [-0.25, -0.2) is 0 Å². The van der Waals surface area contributed by atoms with Gasteiger partial charge in [-0.05, 0) is 42.5 Å². The van der Waals surface area contributed by atoms with E-state index in [0.717, 1.165) is 10.5 Å². The van der Waals surface area contributed by atoms with Gasteiger partial charge in [0.15, 0.2) is 0 Å². The Morgan fingerprint density at radius 2 is 1.94 bits per heavy atom. The maximum absolute atomic E-state index is 12.4. The molecule has 31 heavy (non-hydrogen) atoms. The third-order valence-corrected chi connectivity index (χ3v) is 6.43. The van der Waals surface area contributed by atoms with E-state index in [1.54, 1.807) is 24.3 Å². The minimum atomic E-state index is -1.26. The number of hydrogen-bond donors (Lipinski definition) is 5. The number of amides is 3. The van der Waals surface area contributed by atoms with Gasteiger partial charge in [-0.3, -0.25) is 24.6 Å². The van der Waals surface area contributed by atoms with Crippen molar-refractivity contribution in [3.8, 4) is 0 Å². The van der Waals surface area contributed by atoms with Crippen molar-refractivity contribution in [3.63, 3.8) is 0 Å². The van der Waals surface area contributed by atoms with Crippen LogP contribution in [0.15, 0.2) is 52.1 Å². The van der Waals surface area contributed by atoms with E-state index in [1.807, 2.05) is 6.07 Å².